The molecule has 0 radical (unpaired) electrons. The predicted molar refractivity (Wildman–Crippen MR) is 73.7 cm³/mol. The monoisotopic (exact) mass is 265 g/mol. The molecule has 0 aliphatic heterocycles. The first kappa shape index (κ1) is 12.9. The van der Waals surface area contributed by atoms with Crippen molar-refractivity contribution in [1.29, 1.82) is 0 Å². The Bertz CT molecular complexity index is 550. The maximum absolute atomic E-state index is 11.7. The number of rotatable bonds is 5. The largest absolute Gasteiger partial charge is 0.361 e. The van der Waals surface area contributed by atoms with Gasteiger partial charge in [0.05, 0.1) is 6.42 Å². The van der Waals surface area contributed by atoms with Crippen molar-refractivity contribution in [2.75, 3.05) is 13.1 Å². The average Bonchev–Trinajstić information content (AvgIpc) is 2.72. The van der Waals surface area contributed by atoms with Gasteiger partial charge in [0, 0.05) is 28.7 Å². The summed E-state index contributed by atoms with van der Waals surface area (Å²) in [6.07, 6.45) is 3.00. The van der Waals surface area contributed by atoms with E-state index in [1.54, 1.807) is 0 Å². The van der Waals surface area contributed by atoms with Crippen LogP contribution in [0.25, 0.3) is 10.9 Å². The van der Waals surface area contributed by atoms with Crippen molar-refractivity contribution in [2.24, 2.45) is 5.73 Å². The molecule has 96 valence electrons. The lowest BCUT2D eigenvalue weighted by atomic mass is 10.1. The van der Waals surface area contributed by atoms with Crippen LogP contribution in [0.5, 0.6) is 0 Å². The van der Waals surface area contributed by atoms with Gasteiger partial charge in [-0.2, -0.15) is 0 Å². The van der Waals surface area contributed by atoms with Crippen molar-refractivity contribution >= 4 is 28.4 Å². The van der Waals surface area contributed by atoms with Crippen LogP contribution in [-0.4, -0.2) is 24.0 Å². The van der Waals surface area contributed by atoms with E-state index in [0.29, 0.717) is 24.5 Å². The maximum atomic E-state index is 11.7. The molecule has 0 saturated carbocycles. The molecule has 0 spiro atoms. The average molecular weight is 266 g/mol. The highest BCUT2D eigenvalue weighted by molar-refractivity contribution is 6.31. The summed E-state index contributed by atoms with van der Waals surface area (Å²) in [6.45, 7) is 1.21. The van der Waals surface area contributed by atoms with Gasteiger partial charge in [-0.15, -0.1) is 0 Å². The molecule has 0 unspecified atom stereocenters. The van der Waals surface area contributed by atoms with Crippen LogP contribution in [-0.2, 0) is 11.2 Å². The van der Waals surface area contributed by atoms with Gasteiger partial charge in [0.1, 0.15) is 0 Å². The molecule has 0 bridgehead atoms. The van der Waals surface area contributed by atoms with E-state index in [4.69, 9.17) is 17.3 Å². The van der Waals surface area contributed by atoms with E-state index < -0.39 is 0 Å². The highest BCUT2D eigenvalue weighted by atomic mass is 35.5. The number of carbonyl (C=O) groups excluding carboxylic acids is 1. The molecular formula is C13H16ClN3O. The molecule has 4 nitrogen and oxygen atoms in total. The highest BCUT2D eigenvalue weighted by Gasteiger charge is 2.08. The topological polar surface area (TPSA) is 70.9 Å². The number of fused-ring (bicyclic) bond motifs is 1. The predicted octanol–water partition coefficient (Wildman–Crippen LogP) is 1.83. The second-order valence-corrected chi connectivity index (χ2v) is 4.61. The number of nitrogens with one attached hydrogen (secondary N) is 2. The van der Waals surface area contributed by atoms with Crippen molar-refractivity contribution in [3.63, 3.8) is 0 Å². The van der Waals surface area contributed by atoms with Crippen molar-refractivity contribution in [2.45, 2.75) is 12.8 Å². The third kappa shape index (κ3) is 3.03. The Hall–Kier alpha value is -1.52. The summed E-state index contributed by atoms with van der Waals surface area (Å²) in [6, 6.07) is 5.61. The molecule has 0 atom stereocenters. The molecule has 18 heavy (non-hydrogen) atoms. The van der Waals surface area contributed by atoms with Crippen LogP contribution in [0.3, 0.4) is 0 Å². The van der Waals surface area contributed by atoms with Gasteiger partial charge >= 0.3 is 0 Å². The molecule has 5 heteroatoms. The number of halogens is 1. The van der Waals surface area contributed by atoms with E-state index in [9.17, 15) is 4.79 Å². The third-order valence-corrected chi connectivity index (χ3v) is 3.02. The molecule has 0 aliphatic carbocycles. The lowest BCUT2D eigenvalue weighted by Gasteiger charge is -2.03. The third-order valence-electron chi connectivity index (χ3n) is 2.78. The standard InChI is InChI=1S/C13H16ClN3O/c14-10-2-3-12-11(7-10)9(8-17-12)6-13(18)16-5-1-4-15/h2-3,7-8,17H,1,4-6,15H2,(H,16,18). The molecule has 2 aromatic rings. The van der Waals surface area contributed by atoms with Crippen LogP contribution in [0.15, 0.2) is 24.4 Å². The number of benzene rings is 1. The summed E-state index contributed by atoms with van der Waals surface area (Å²) < 4.78 is 0. The fraction of sp³-hybridized carbons (Fsp3) is 0.308. The summed E-state index contributed by atoms with van der Waals surface area (Å²) >= 11 is 5.96. The second-order valence-electron chi connectivity index (χ2n) is 4.17. The van der Waals surface area contributed by atoms with E-state index in [-0.39, 0.29) is 5.91 Å². The number of amides is 1. The van der Waals surface area contributed by atoms with E-state index in [1.807, 2.05) is 24.4 Å². The van der Waals surface area contributed by atoms with E-state index >= 15 is 0 Å². The molecule has 0 aliphatic rings. The number of H-pyrrole nitrogens is 1. The van der Waals surface area contributed by atoms with Crippen LogP contribution >= 0.6 is 11.6 Å². The Balaban J connectivity index is 2.07. The van der Waals surface area contributed by atoms with Gasteiger partial charge < -0.3 is 16.0 Å². The zero-order valence-corrected chi connectivity index (χ0v) is 10.8. The number of aromatic nitrogens is 1. The first-order valence-electron chi connectivity index (χ1n) is 5.93. The molecule has 1 aromatic heterocycles. The summed E-state index contributed by atoms with van der Waals surface area (Å²) in [5.41, 5.74) is 7.32. The molecule has 1 aromatic carbocycles. The van der Waals surface area contributed by atoms with Crippen LogP contribution in [0.2, 0.25) is 5.02 Å². The lowest BCUT2D eigenvalue weighted by Crippen LogP contribution is -2.27. The van der Waals surface area contributed by atoms with Crippen LogP contribution in [0.1, 0.15) is 12.0 Å². The van der Waals surface area contributed by atoms with Crippen LogP contribution in [0.4, 0.5) is 0 Å². The molecule has 1 amide bonds. The molecule has 2 rings (SSSR count). The van der Waals surface area contributed by atoms with Crippen molar-refractivity contribution in [3.05, 3.63) is 35.0 Å². The zero-order chi connectivity index (χ0) is 13.0. The molecule has 4 N–H and O–H groups in total. The second kappa shape index (κ2) is 5.89. The minimum atomic E-state index is 0.00401. The van der Waals surface area contributed by atoms with Gasteiger partial charge in [-0.1, -0.05) is 11.6 Å². The highest BCUT2D eigenvalue weighted by Crippen LogP contribution is 2.22. The Labute approximate surface area is 111 Å². The first-order chi connectivity index (χ1) is 8.70. The smallest absolute Gasteiger partial charge is 0.224 e. The summed E-state index contributed by atoms with van der Waals surface area (Å²) in [4.78, 5) is 14.8. The van der Waals surface area contributed by atoms with E-state index in [0.717, 1.165) is 22.9 Å². The van der Waals surface area contributed by atoms with Gasteiger partial charge in [0.25, 0.3) is 0 Å². The van der Waals surface area contributed by atoms with Crippen molar-refractivity contribution < 1.29 is 4.79 Å². The summed E-state index contributed by atoms with van der Waals surface area (Å²) in [7, 11) is 0. The van der Waals surface area contributed by atoms with Gasteiger partial charge in [0.15, 0.2) is 0 Å². The molecule has 0 fully saturated rings. The zero-order valence-electron chi connectivity index (χ0n) is 10.0. The van der Waals surface area contributed by atoms with E-state index in [1.165, 1.54) is 0 Å². The molecule has 0 saturated heterocycles. The van der Waals surface area contributed by atoms with Gasteiger partial charge in [0.2, 0.25) is 5.91 Å². The summed E-state index contributed by atoms with van der Waals surface area (Å²) in [5.74, 6) is 0.00401. The molecule has 1 heterocycles. The fourth-order valence-corrected chi connectivity index (χ4v) is 2.03. The van der Waals surface area contributed by atoms with Gasteiger partial charge in [-0.3, -0.25) is 4.79 Å². The summed E-state index contributed by atoms with van der Waals surface area (Å²) in [5, 5.41) is 4.51. The van der Waals surface area contributed by atoms with Crippen LogP contribution < -0.4 is 11.1 Å². The Morgan fingerprint density at radius 3 is 3.06 bits per heavy atom. The fourth-order valence-electron chi connectivity index (χ4n) is 1.86. The Morgan fingerprint density at radius 2 is 2.28 bits per heavy atom. The van der Waals surface area contributed by atoms with Crippen molar-refractivity contribution in [3.8, 4) is 0 Å². The minimum Gasteiger partial charge on any atom is -0.361 e. The normalized spacial score (nSPS) is 10.8. The number of nitrogens with two attached hydrogens (primary N) is 1. The maximum Gasteiger partial charge on any atom is 0.224 e. The van der Waals surface area contributed by atoms with Crippen molar-refractivity contribution in [1.82, 2.24) is 10.3 Å². The van der Waals surface area contributed by atoms with Crippen LogP contribution in [0, 0.1) is 0 Å². The molecular weight excluding hydrogens is 250 g/mol. The van der Waals surface area contributed by atoms with E-state index in [2.05, 4.69) is 10.3 Å². The number of carbonyl (C=O) groups is 1. The lowest BCUT2D eigenvalue weighted by molar-refractivity contribution is -0.120. The first-order valence-corrected chi connectivity index (χ1v) is 6.31. The minimum absolute atomic E-state index is 0.00401. The Morgan fingerprint density at radius 1 is 1.44 bits per heavy atom. The SMILES string of the molecule is NCCCNC(=O)Cc1c[nH]c2ccc(Cl)cc12. The number of hydrogen-bond acceptors (Lipinski definition) is 2. The number of hydrogen-bond donors (Lipinski definition) is 3. The Kier molecular flexibility index (Phi) is 4.23. The quantitative estimate of drug-likeness (QED) is 0.722. The van der Waals surface area contributed by atoms with Gasteiger partial charge in [-0.25, -0.2) is 0 Å². The van der Waals surface area contributed by atoms with Gasteiger partial charge in [-0.05, 0) is 36.7 Å². The number of aromatic amines is 1.